The number of anilines is 1. The molecule has 182 valence electrons. The Kier molecular flexibility index (Phi) is 8.04. The lowest BCUT2D eigenvalue weighted by Gasteiger charge is -2.44. The first-order valence-electron chi connectivity index (χ1n) is 13.0. The number of hydrogen-bond acceptors (Lipinski definition) is 2. The van der Waals surface area contributed by atoms with Crippen molar-refractivity contribution in [2.24, 2.45) is 5.92 Å². The molecule has 2 heterocycles. The van der Waals surface area contributed by atoms with Crippen LogP contribution in [0.2, 0.25) is 0 Å². The molecule has 2 aliphatic heterocycles. The van der Waals surface area contributed by atoms with Gasteiger partial charge in [0.15, 0.2) is 6.54 Å². The molecule has 0 aliphatic carbocycles. The number of benzene rings is 2. The van der Waals surface area contributed by atoms with Crippen molar-refractivity contribution in [2.45, 2.75) is 58.9 Å². The zero-order chi connectivity index (χ0) is 24.0. The highest BCUT2D eigenvalue weighted by Crippen LogP contribution is 2.29. The third kappa shape index (κ3) is 6.06. The second-order valence-electron chi connectivity index (χ2n) is 10.4. The first kappa shape index (κ1) is 24.5. The number of piperidine rings is 1. The molecule has 0 radical (unpaired) electrons. The van der Waals surface area contributed by atoms with Gasteiger partial charge in [-0.25, -0.2) is 0 Å². The molecule has 4 rings (SSSR count). The summed E-state index contributed by atoms with van der Waals surface area (Å²) in [5.41, 5.74) is 4.30. The molecule has 2 unspecified atom stereocenters. The van der Waals surface area contributed by atoms with Gasteiger partial charge in [-0.15, -0.1) is 0 Å². The highest BCUT2D eigenvalue weighted by atomic mass is 16.2. The lowest BCUT2D eigenvalue weighted by atomic mass is 9.93. The molecule has 0 spiro atoms. The Morgan fingerprint density at radius 3 is 2.26 bits per heavy atom. The SMILES string of the molecule is Cc1cccc(C)c1NC(=O)C[N+]1(Cc2ccccc2)CCCC(C(=O)N2CCCCCC2)C1. The van der Waals surface area contributed by atoms with E-state index in [1.165, 1.54) is 18.4 Å². The topological polar surface area (TPSA) is 49.4 Å². The lowest BCUT2D eigenvalue weighted by molar-refractivity contribution is -0.940. The molecule has 2 saturated heterocycles. The average molecular weight is 463 g/mol. The Balaban J connectivity index is 1.54. The number of carbonyl (C=O) groups is 2. The number of carbonyl (C=O) groups excluding carboxylic acids is 2. The van der Waals surface area contributed by atoms with Crippen molar-refractivity contribution in [3.05, 3.63) is 65.2 Å². The van der Waals surface area contributed by atoms with E-state index in [2.05, 4.69) is 34.5 Å². The van der Waals surface area contributed by atoms with Crippen LogP contribution in [0, 0.1) is 19.8 Å². The second kappa shape index (κ2) is 11.2. The van der Waals surface area contributed by atoms with Crippen molar-refractivity contribution in [2.75, 3.05) is 38.0 Å². The minimum absolute atomic E-state index is 0.00330. The monoisotopic (exact) mass is 462 g/mol. The fourth-order valence-electron chi connectivity index (χ4n) is 5.88. The van der Waals surface area contributed by atoms with Crippen LogP contribution in [0.1, 0.15) is 55.2 Å². The van der Waals surface area contributed by atoms with Crippen LogP contribution in [0.5, 0.6) is 0 Å². The van der Waals surface area contributed by atoms with Gasteiger partial charge in [0, 0.05) is 24.3 Å². The summed E-state index contributed by atoms with van der Waals surface area (Å²) < 4.78 is 0.644. The molecule has 0 bridgehead atoms. The predicted molar refractivity (Wildman–Crippen MR) is 137 cm³/mol. The minimum atomic E-state index is 0.00330. The Morgan fingerprint density at radius 1 is 0.912 bits per heavy atom. The van der Waals surface area contributed by atoms with Gasteiger partial charge in [0.1, 0.15) is 6.54 Å². The van der Waals surface area contributed by atoms with E-state index in [9.17, 15) is 9.59 Å². The number of hydrogen-bond donors (Lipinski definition) is 1. The maximum Gasteiger partial charge on any atom is 0.279 e. The van der Waals surface area contributed by atoms with Crippen LogP contribution in [0.25, 0.3) is 0 Å². The Morgan fingerprint density at radius 2 is 1.59 bits per heavy atom. The first-order chi connectivity index (χ1) is 16.5. The summed E-state index contributed by atoms with van der Waals surface area (Å²) in [6, 6.07) is 16.5. The van der Waals surface area contributed by atoms with Crippen LogP contribution >= 0.6 is 0 Å². The van der Waals surface area contributed by atoms with E-state index in [-0.39, 0.29) is 11.8 Å². The van der Waals surface area contributed by atoms with Crippen molar-refractivity contribution in [3.8, 4) is 0 Å². The summed E-state index contributed by atoms with van der Waals surface area (Å²) >= 11 is 0. The van der Waals surface area contributed by atoms with E-state index in [1.807, 2.05) is 38.1 Å². The molecule has 2 atom stereocenters. The molecule has 34 heavy (non-hydrogen) atoms. The minimum Gasteiger partial charge on any atom is -0.342 e. The summed E-state index contributed by atoms with van der Waals surface area (Å²) in [4.78, 5) is 29.0. The Bertz CT molecular complexity index is 962. The normalized spacial score (nSPS) is 23.2. The van der Waals surface area contributed by atoms with Crippen molar-refractivity contribution in [3.63, 3.8) is 0 Å². The van der Waals surface area contributed by atoms with E-state index in [1.54, 1.807) is 0 Å². The molecule has 5 heteroatoms. The smallest absolute Gasteiger partial charge is 0.279 e. The van der Waals surface area contributed by atoms with Crippen LogP contribution in [-0.4, -0.2) is 53.9 Å². The van der Waals surface area contributed by atoms with Gasteiger partial charge in [-0.05, 0) is 50.7 Å². The van der Waals surface area contributed by atoms with Gasteiger partial charge in [0.2, 0.25) is 5.91 Å². The number of aryl methyl sites for hydroxylation is 2. The summed E-state index contributed by atoms with van der Waals surface area (Å²) in [5.74, 6) is 0.354. The van der Waals surface area contributed by atoms with Crippen LogP contribution < -0.4 is 5.32 Å². The molecular formula is C29H40N3O2+. The zero-order valence-electron chi connectivity index (χ0n) is 20.9. The Labute approximate surface area is 204 Å². The summed E-state index contributed by atoms with van der Waals surface area (Å²) in [6.45, 7) is 8.70. The quantitative estimate of drug-likeness (QED) is 0.609. The summed E-state index contributed by atoms with van der Waals surface area (Å²) in [6.07, 6.45) is 6.58. The number of nitrogens with zero attached hydrogens (tertiary/aromatic N) is 2. The summed E-state index contributed by atoms with van der Waals surface area (Å²) in [5, 5.41) is 3.20. The number of nitrogens with one attached hydrogen (secondary N) is 1. The van der Waals surface area contributed by atoms with E-state index in [0.29, 0.717) is 16.9 Å². The zero-order valence-corrected chi connectivity index (χ0v) is 20.9. The third-order valence-corrected chi connectivity index (χ3v) is 7.65. The standard InChI is InChI=1S/C29H39N3O2/c1-23-12-10-13-24(2)28(23)30-27(33)22-32(20-25-14-6-5-7-15-25)19-11-16-26(21-32)29(34)31-17-8-3-4-9-18-31/h5-7,10,12-15,26H,3-4,8-9,11,16-22H2,1-2H3/p+1. The molecule has 2 amide bonds. The largest absolute Gasteiger partial charge is 0.342 e. The number of quaternary nitrogens is 1. The molecule has 1 N–H and O–H groups in total. The van der Waals surface area contributed by atoms with Crippen molar-refractivity contribution in [1.82, 2.24) is 4.90 Å². The number of rotatable bonds is 6. The number of likely N-dealkylation sites (tertiary alicyclic amines) is 2. The molecule has 2 aromatic rings. The fourth-order valence-corrected chi connectivity index (χ4v) is 5.88. The van der Waals surface area contributed by atoms with Gasteiger partial charge in [-0.1, -0.05) is 61.4 Å². The average Bonchev–Trinajstić information content (AvgIpc) is 3.11. The van der Waals surface area contributed by atoms with Crippen LogP contribution in [-0.2, 0) is 16.1 Å². The van der Waals surface area contributed by atoms with Crippen LogP contribution in [0.15, 0.2) is 48.5 Å². The lowest BCUT2D eigenvalue weighted by Crippen LogP contribution is -2.59. The van der Waals surface area contributed by atoms with Gasteiger partial charge in [-0.3, -0.25) is 9.59 Å². The van der Waals surface area contributed by atoms with Crippen molar-refractivity contribution < 1.29 is 14.1 Å². The third-order valence-electron chi connectivity index (χ3n) is 7.65. The van der Waals surface area contributed by atoms with E-state index < -0.39 is 0 Å². The molecule has 5 nitrogen and oxygen atoms in total. The number of para-hydroxylation sites is 1. The van der Waals surface area contributed by atoms with E-state index >= 15 is 0 Å². The van der Waals surface area contributed by atoms with Gasteiger partial charge >= 0.3 is 0 Å². The Hall–Kier alpha value is -2.66. The number of amides is 2. The van der Waals surface area contributed by atoms with E-state index in [0.717, 1.165) is 75.2 Å². The van der Waals surface area contributed by atoms with E-state index in [4.69, 9.17) is 0 Å². The van der Waals surface area contributed by atoms with Gasteiger partial charge in [-0.2, -0.15) is 0 Å². The fraction of sp³-hybridized carbons (Fsp3) is 0.517. The predicted octanol–water partition coefficient (Wildman–Crippen LogP) is 5.07. The maximum absolute atomic E-state index is 13.5. The van der Waals surface area contributed by atoms with Gasteiger partial charge < -0.3 is 14.7 Å². The maximum atomic E-state index is 13.5. The van der Waals surface area contributed by atoms with Crippen molar-refractivity contribution >= 4 is 17.5 Å². The van der Waals surface area contributed by atoms with Crippen LogP contribution in [0.3, 0.4) is 0 Å². The molecular weight excluding hydrogens is 422 g/mol. The molecule has 2 aromatic carbocycles. The van der Waals surface area contributed by atoms with Gasteiger partial charge in [0.25, 0.3) is 5.91 Å². The first-order valence-corrected chi connectivity index (χ1v) is 13.0. The highest BCUT2D eigenvalue weighted by Gasteiger charge is 2.41. The molecule has 2 aliphatic rings. The molecule has 2 fully saturated rings. The molecule has 0 aromatic heterocycles. The highest BCUT2D eigenvalue weighted by molar-refractivity contribution is 5.93. The van der Waals surface area contributed by atoms with Gasteiger partial charge in [0.05, 0.1) is 19.0 Å². The second-order valence-corrected chi connectivity index (χ2v) is 10.4. The van der Waals surface area contributed by atoms with Crippen molar-refractivity contribution in [1.29, 1.82) is 0 Å². The summed E-state index contributed by atoms with van der Waals surface area (Å²) in [7, 11) is 0. The van der Waals surface area contributed by atoms with Crippen LogP contribution in [0.4, 0.5) is 5.69 Å². The molecule has 0 saturated carbocycles.